The molecule has 1 atom stereocenters. The first-order chi connectivity index (χ1) is 12.6. The zero-order chi connectivity index (χ0) is 18.0. The van der Waals surface area contributed by atoms with Crippen molar-refractivity contribution in [3.8, 4) is 0 Å². The van der Waals surface area contributed by atoms with Crippen LogP contribution in [0.1, 0.15) is 5.56 Å². The van der Waals surface area contributed by atoms with Crippen LogP contribution in [-0.4, -0.2) is 30.6 Å². The summed E-state index contributed by atoms with van der Waals surface area (Å²) in [4.78, 5) is 8.52. The summed E-state index contributed by atoms with van der Waals surface area (Å²) in [7, 11) is 0. The Morgan fingerprint density at radius 2 is 1.96 bits per heavy atom. The maximum Gasteiger partial charge on any atom is 0.151 e. The molecule has 0 aliphatic rings. The highest BCUT2D eigenvalue weighted by Crippen LogP contribution is 2.35. The lowest BCUT2D eigenvalue weighted by molar-refractivity contribution is 0.0396. The molecule has 5 nitrogen and oxygen atoms in total. The van der Waals surface area contributed by atoms with Gasteiger partial charge in [-0.05, 0) is 29.8 Å². The average molecular weight is 386 g/mol. The van der Waals surface area contributed by atoms with Crippen molar-refractivity contribution in [1.82, 2.24) is 19.7 Å². The number of thioether (sulfide) groups is 1. The zero-order valence-corrected chi connectivity index (χ0v) is 15.3. The minimum atomic E-state index is -1.23. The summed E-state index contributed by atoms with van der Waals surface area (Å²) in [6, 6.07) is 13.8. The second-order valence-electron chi connectivity index (χ2n) is 5.87. The molecule has 0 spiro atoms. The van der Waals surface area contributed by atoms with Crippen LogP contribution in [0.3, 0.4) is 0 Å². The number of rotatable bonds is 6. The first-order valence-electron chi connectivity index (χ1n) is 7.92. The molecule has 4 aromatic rings. The minimum absolute atomic E-state index is 0.219. The molecule has 4 rings (SSSR count). The van der Waals surface area contributed by atoms with Crippen LogP contribution in [0.5, 0.6) is 0 Å². The molecule has 26 heavy (non-hydrogen) atoms. The Kier molecular flexibility index (Phi) is 4.71. The lowest BCUT2D eigenvalue weighted by Crippen LogP contribution is -2.34. The fourth-order valence-electron chi connectivity index (χ4n) is 2.66. The number of hydrogen-bond donors (Lipinski definition) is 1. The molecule has 0 fully saturated rings. The third-order valence-corrected chi connectivity index (χ3v) is 6.38. The lowest BCUT2D eigenvalue weighted by Gasteiger charge is -2.27. The van der Waals surface area contributed by atoms with Gasteiger partial charge in [-0.15, -0.1) is 11.3 Å². The van der Waals surface area contributed by atoms with E-state index in [1.165, 1.54) is 30.2 Å². The highest BCUT2D eigenvalue weighted by Gasteiger charge is 2.31. The number of para-hydroxylation sites is 1. The molecule has 1 N–H and O–H groups in total. The maximum atomic E-state index is 13.3. The third-order valence-electron chi connectivity index (χ3n) is 3.98. The number of thiazole rings is 1. The normalized spacial score (nSPS) is 13.8. The molecule has 0 saturated heterocycles. The van der Waals surface area contributed by atoms with Crippen molar-refractivity contribution in [2.24, 2.45) is 0 Å². The summed E-state index contributed by atoms with van der Waals surface area (Å²) in [6.45, 7) is 0.219. The minimum Gasteiger partial charge on any atom is -0.382 e. The van der Waals surface area contributed by atoms with Crippen molar-refractivity contribution >= 4 is 33.3 Å². The van der Waals surface area contributed by atoms with E-state index in [0.717, 1.165) is 14.6 Å². The smallest absolute Gasteiger partial charge is 0.151 e. The van der Waals surface area contributed by atoms with Gasteiger partial charge in [0.15, 0.2) is 4.34 Å². The predicted octanol–water partition coefficient (Wildman–Crippen LogP) is 3.71. The molecular weight excluding hydrogens is 371 g/mol. The van der Waals surface area contributed by atoms with Crippen LogP contribution in [0.2, 0.25) is 0 Å². The average Bonchev–Trinajstić information content (AvgIpc) is 3.29. The number of hydrogen-bond acceptors (Lipinski definition) is 6. The zero-order valence-electron chi connectivity index (χ0n) is 13.6. The summed E-state index contributed by atoms with van der Waals surface area (Å²) < 4.78 is 16.9. The molecule has 2 aromatic carbocycles. The van der Waals surface area contributed by atoms with Crippen LogP contribution >= 0.6 is 23.1 Å². The van der Waals surface area contributed by atoms with Crippen molar-refractivity contribution in [3.63, 3.8) is 0 Å². The summed E-state index contributed by atoms with van der Waals surface area (Å²) in [6.07, 6.45) is 2.97. The van der Waals surface area contributed by atoms with E-state index >= 15 is 0 Å². The first-order valence-corrected chi connectivity index (χ1v) is 9.72. The Hall–Kier alpha value is -2.29. The van der Waals surface area contributed by atoms with E-state index in [1.54, 1.807) is 34.5 Å². The monoisotopic (exact) mass is 386 g/mol. The van der Waals surface area contributed by atoms with Gasteiger partial charge in [-0.2, -0.15) is 5.10 Å². The standard InChI is InChI=1S/C18H15FN4OS2/c19-14-7-5-13(6-8-14)18(24,9-23-12-20-11-21-23)10-25-17-22-15-3-1-2-4-16(15)26-17/h1-8,11-12,24H,9-10H2. The van der Waals surface area contributed by atoms with Crippen LogP contribution in [-0.2, 0) is 12.1 Å². The molecule has 2 aromatic heterocycles. The molecule has 0 radical (unpaired) electrons. The van der Waals surface area contributed by atoms with Crippen molar-refractivity contribution in [1.29, 1.82) is 0 Å². The summed E-state index contributed by atoms with van der Waals surface area (Å²) >= 11 is 3.07. The summed E-state index contributed by atoms with van der Waals surface area (Å²) in [5, 5.41) is 15.4. The van der Waals surface area contributed by atoms with Gasteiger partial charge < -0.3 is 5.11 Å². The molecule has 0 aliphatic heterocycles. The van der Waals surface area contributed by atoms with E-state index in [0.29, 0.717) is 11.3 Å². The number of halogens is 1. The number of fused-ring (bicyclic) bond motifs is 1. The van der Waals surface area contributed by atoms with Gasteiger partial charge in [-0.25, -0.2) is 19.0 Å². The molecular formula is C18H15FN4OS2. The van der Waals surface area contributed by atoms with E-state index in [9.17, 15) is 9.50 Å². The summed E-state index contributed by atoms with van der Waals surface area (Å²) in [5.41, 5.74) is 0.341. The molecule has 0 aliphatic carbocycles. The number of aliphatic hydroxyl groups is 1. The van der Waals surface area contributed by atoms with Crippen molar-refractivity contribution in [3.05, 3.63) is 72.6 Å². The SMILES string of the molecule is OC(CSc1nc2ccccc2s1)(Cn1cncn1)c1ccc(F)cc1. The van der Waals surface area contributed by atoms with Gasteiger partial charge in [-0.3, -0.25) is 0 Å². The Morgan fingerprint density at radius 1 is 1.15 bits per heavy atom. The number of benzene rings is 2. The second kappa shape index (κ2) is 7.14. The first kappa shape index (κ1) is 17.1. The van der Waals surface area contributed by atoms with Crippen LogP contribution in [0.15, 0.2) is 65.5 Å². The van der Waals surface area contributed by atoms with Crippen molar-refractivity contribution < 1.29 is 9.50 Å². The number of aromatic nitrogens is 4. The van der Waals surface area contributed by atoms with Crippen LogP contribution in [0, 0.1) is 5.82 Å². The molecule has 132 valence electrons. The van der Waals surface area contributed by atoms with Gasteiger partial charge in [0.05, 0.1) is 16.8 Å². The van der Waals surface area contributed by atoms with Gasteiger partial charge in [0.25, 0.3) is 0 Å². The van der Waals surface area contributed by atoms with Crippen molar-refractivity contribution in [2.45, 2.75) is 16.5 Å². The molecule has 1 unspecified atom stereocenters. The largest absolute Gasteiger partial charge is 0.382 e. The van der Waals surface area contributed by atoms with Gasteiger partial charge in [-0.1, -0.05) is 36.0 Å². The fourth-order valence-corrected chi connectivity index (χ4v) is 4.82. The Morgan fingerprint density at radius 3 is 2.69 bits per heavy atom. The Labute approximate surface area is 157 Å². The Balaban J connectivity index is 1.60. The van der Waals surface area contributed by atoms with Crippen LogP contribution < -0.4 is 0 Å². The van der Waals surface area contributed by atoms with Gasteiger partial charge >= 0.3 is 0 Å². The summed E-state index contributed by atoms with van der Waals surface area (Å²) in [5.74, 6) is 0.0221. The molecule has 0 saturated carbocycles. The molecule has 2 heterocycles. The van der Waals surface area contributed by atoms with Gasteiger partial charge in [0, 0.05) is 5.75 Å². The van der Waals surface area contributed by atoms with Gasteiger partial charge in [0.1, 0.15) is 24.1 Å². The highest BCUT2D eigenvalue weighted by atomic mass is 32.2. The molecule has 0 amide bonds. The molecule has 0 bridgehead atoms. The van der Waals surface area contributed by atoms with E-state index in [-0.39, 0.29) is 12.4 Å². The highest BCUT2D eigenvalue weighted by molar-refractivity contribution is 8.01. The van der Waals surface area contributed by atoms with Crippen LogP contribution in [0.25, 0.3) is 10.2 Å². The quantitative estimate of drug-likeness (QED) is 0.512. The second-order valence-corrected chi connectivity index (χ2v) is 8.12. The Bertz CT molecular complexity index is 971. The van der Waals surface area contributed by atoms with Crippen molar-refractivity contribution in [2.75, 3.05) is 5.75 Å². The fraction of sp³-hybridized carbons (Fsp3) is 0.167. The third kappa shape index (κ3) is 3.62. The van der Waals surface area contributed by atoms with Gasteiger partial charge in [0.2, 0.25) is 0 Å². The molecule has 8 heteroatoms. The number of nitrogens with zero attached hydrogens (tertiary/aromatic N) is 4. The van der Waals surface area contributed by atoms with E-state index in [4.69, 9.17) is 0 Å². The lowest BCUT2D eigenvalue weighted by atomic mass is 9.96. The van der Waals surface area contributed by atoms with Crippen LogP contribution in [0.4, 0.5) is 4.39 Å². The van der Waals surface area contributed by atoms with E-state index in [2.05, 4.69) is 15.1 Å². The van der Waals surface area contributed by atoms with E-state index < -0.39 is 5.60 Å². The predicted molar refractivity (Wildman–Crippen MR) is 101 cm³/mol. The van der Waals surface area contributed by atoms with E-state index in [1.807, 2.05) is 24.3 Å². The topological polar surface area (TPSA) is 63.8 Å². The maximum absolute atomic E-state index is 13.3.